The van der Waals surface area contributed by atoms with Crippen LogP contribution >= 0.6 is 11.8 Å². The van der Waals surface area contributed by atoms with E-state index in [4.69, 9.17) is 0 Å². The first-order valence-electron chi connectivity index (χ1n) is 6.00. The van der Waals surface area contributed by atoms with E-state index in [9.17, 15) is 9.50 Å². The molecular weight excluding hydrogens is 237 g/mol. The quantitative estimate of drug-likeness (QED) is 0.896. The third kappa shape index (κ3) is 3.69. The van der Waals surface area contributed by atoms with Crippen molar-refractivity contribution < 1.29 is 9.50 Å². The van der Waals surface area contributed by atoms with Gasteiger partial charge in [-0.1, -0.05) is 18.2 Å². The highest BCUT2D eigenvalue weighted by molar-refractivity contribution is 7.99. The minimum absolute atomic E-state index is 0.316. The van der Waals surface area contributed by atoms with Crippen LogP contribution in [0.4, 0.5) is 4.39 Å². The fraction of sp³-hybridized carbons (Fsp3) is 0.538. The summed E-state index contributed by atoms with van der Waals surface area (Å²) in [6, 6.07) is 6.47. The Kier molecular flexibility index (Phi) is 4.83. The van der Waals surface area contributed by atoms with E-state index in [1.807, 2.05) is 11.8 Å². The standard InChI is InChI=1S/C13H18FNOS/c14-12-5-2-1-4-11(12)13(16)10-15-6-3-8-17-9-7-15/h1-2,4-5,13,16H,3,6-10H2. The average Bonchev–Trinajstić information content (AvgIpc) is 2.58. The molecule has 0 radical (unpaired) electrons. The Morgan fingerprint density at radius 1 is 1.29 bits per heavy atom. The van der Waals surface area contributed by atoms with Crippen LogP contribution in [0.3, 0.4) is 0 Å². The van der Waals surface area contributed by atoms with E-state index in [-0.39, 0.29) is 5.82 Å². The van der Waals surface area contributed by atoms with Crippen LogP contribution in [0.1, 0.15) is 18.1 Å². The molecule has 4 heteroatoms. The Hall–Kier alpha value is -0.580. The first kappa shape index (κ1) is 12.9. The summed E-state index contributed by atoms with van der Waals surface area (Å²) in [6.45, 7) is 2.51. The van der Waals surface area contributed by atoms with E-state index >= 15 is 0 Å². The second-order valence-electron chi connectivity index (χ2n) is 4.30. The van der Waals surface area contributed by atoms with Gasteiger partial charge in [0.25, 0.3) is 0 Å². The van der Waals surface area contributed by atoms with Crippen LogP contribution in [0.5, 0.6) is 0 Å². The largest absolute Gasteiger partial charge is 0.387 e. The van der Waals surface area contributed by atoms with Gasteiger partial charge in [0.2, 0.25) is 0 Å². The lowest BCUT2D eigenvalue weighted by molar-refractivity contribution is 0.114. The van der Waals surface area contributed by atoms with Crippen LogP contribution in [0, 0.1) is 5.82 Å². The maximum Gasteiger partial charge on any atom is 0.129 e. The zero-order valence-electron chi connectivity index (χ0n) is 9.81. The highest BCUT2D eigenvalue weighted by Crippen LogP contribution is 2.19. The number of rotatable bonds is 3. The van der Waals surface area contributed by atoms with Crippen LogP contribution in [-0.4, -0.2) is 41.1 Å². The van der Waals surface area contributed by atoms with E-state index in [1.165, 1.54) is 11.8 Å². The molecule has 1 aliphatic heterocycles. The van der Waals surface area contributed by atoms with Crippen molar-refractivity contribution in [3.8, 4) is 0 Å². The number of hydrogen-bond acceptors (Lipinski definition) is 3. The lowest BCUT2D eigenvalue weighted by atomic mass is 10.1. The molecular formula is C13H18FNOS. The van der Waals surface area contributed by atoms with Crippen molar-refractivity contribution in [2.45, 2.75) is 12.5 Å². The maximum atomic E-state index is 13.5. The summed E-state index contributed by atoms with van der Waals surface area (Å²) in [5.74, 6) is 1.97. The Bertz CT molecular complexity index is 353. The number of hydrogen-bond donors (Lipinski definition) is 1. The second-order valence-corrected chi connectivity index (χ2v) is 5.53. The topological polar surface area (TPSA) is 23.5 Å². The van der Waals surface area contributed by atoms with E-state index in [1.54, 1.807) is 18.2 Å². The molecule has 94 valence electrons. The molecule has 17 heavy (non-hydrogen) atoms. The van der Waals surface area contributed by atoms with Gasteiger partial charge in [-0.3, -0.25) is 4.90 Å². The molecule has 0 saturated carbocycles. The summed E-state index contributed by atoms with van der Waals surface area (Å²) in [5.41, 5.74) is 0.407. The maximum absolute atomic E-state index is 13.5. The van der Waals surface area contributed by atoms with Crippen molar-refractivity contribution in [1.82, 2.24) is 4.90 Å². The van der Waals surface area contributed by atoms with Crippen molar-refractivity contribution in [2.75, 3.05) is 31.1 Å². The van der Waals surface area contributed by atoms with Gasteiger partial charge < -0.3 is 5.11 Å². The molecule has 0 amide bonds. The molecule has 2 rings (SSSR count). The summed E-state index contributed by atoms with van der Waals surface area (Å²) in [5, 5.41) is 10.1. The number of benzene rings is 1. The third-order valence-corrected chi connectivity index (χ3v) is 4.06. The summed E-state index contributed by atoms with van der Waals surface area (Å²) in [6.07, 6.45) is 0.425. The van der Waals surface area contributed by atoms with Crippen LogP contribution in [0.25, 0.3) is 0 Å². The first-order valence-corrected chi connectivity index (χ1v) is 7.15. The second kappa shape index (κ2) is 6.38. The van der Waals surface area contributed by atoms with E-state index in [2.05, 4.69) is 4.90 Å². The molecule has 1 aromatic rings. The zero-order valence-corrected chi connectivity index (χ0v) is 10.6. The normalized spacial score (nSPS) is 19.9. The highest BCUT2D eigenvalue weighted by atomic mass is 32.2. The van der Waals surface area contributed by atoms with Crippen molar-refractivity contribution in [2.24, 2.45) is 0 Å². The molecule has 1 atom stereocenters. The molecule has 1 unspecified atom stereocenters. The molecule has 0 aromatic heterocycles. The number of aliphatic hydroxyl groups excluding tert-OH is 1. The summed E-state index contributed by atoms with van der Waals surface area (Å²) < 4.78 is 13.5. The van der Waals surface area contributed by atoms with Crippen LogP contribution < -0.4 is 0 Å². The van der Waals surface area contributed by atoms with Crippen molar-refractivity contribution in [1.29, 1.82) is 0 Å². The summed E-state index contributed by atoms with van der Waals surface area (Å²) in [7, 11) is 0. The molecule has 0 aliphatic carbocycles. The fourth-order valence-corrected chi connectivity index (χ4v) is 2.99. The minimum atomic E-state index is -0.723. The van der Waals surface area contributed by atoms with Gasteiger partial charge in [-0.25, -0.2) is 4.39 Å². The van der Waals surface area contributed by atoms with E-state index in [0.29, 0.717) is 12.1 Å². The molecule has 1 fully saturated rings. The molecule has 0 bridgehead atoms. The molecule has 2 nitrogen and oxygen atoms in total. The monoisotopic (exact) mass is 255 g/mol. The van der Waals surface area contributed by atoms with Crippen molar-refractivity contribution >= 4 is 11.8 Å². The van der Waals surface area contributed by atoms with Gasteiger partial charge >= 0.3 is 0 Å². The predicted octanol–water partition coefficient (Wildman–Crippen LogP) is 2.30. The SMILES string of the molecule is OC(CN1CCCSCC1)c1ccccc1F. The van der Waals surface area contributed by atoms with E-state index < -0.39 is 6.10 Å². The Balaban J connectivity index is 1.96. The number of halogens is 1. The van der Waals surface area contributed by atoms with E-state index in [0.717, 1.165) is 25.3 Å². The number of nitrogens with zero attached hydrogens (tertiary/aromatic N) is 1. The molecule has 1 aliphatic rings. The van der Waals surface area contributed by atoms with Crippen molar-refractivity contribution in [3.05, 3.63) is 35.6 Å². The van der Waals surface area contributed by atoms with Crippen molar-refractivity contribution in [3.63, 3.8) is 0 Å². The average molecular weight is 255 g/mol. The highest BCUT2D eigenvalue weighted by Gasteiger charge is 2.17. The Morgan fingerprint density at radius 3 is 2.94 bits per heavy atom. The number of β-amino-alcohol motifs (C(OH)–C–C–N with tert-alkyl or cyclic N) is 1. The van der Waals surface area contributed by atoms with Gasteiger partial charge in [-0.15, -0.1) is 0 Å². The molecule has 1 heterocycles. The lowest BCUT2D eigenvalue weighted by Gasteiger charge is -2.23. The van der Waals surface area contributed by atoms with Gasteiger partial charge in [0.05, 0.1) is 6.10 Å². The van der Waals surface area contributed by atoms with Gasteiger partial charge in [0.1, 0.15) is 5.82 Å². The summed E-state index contributed by atoms with van der Waals surface area (Å²) in [4.78, 5) is 2.22. The Labute approximate surface area is 106 Å². The minimum Gasteiger partial charge on any atom is -0.387 e. The molecule has 1 saturated heterocycles. The number of aliphatic hydroxyl groups is 1. The van der Waals surface area contributed by atoms with Gasteiger partial charge in [0, 0.05) is 24.4 Å². The third-order valence-electron chi connectivity index (χ3n) is 3.01. The number of thioether (sulfide) groups is 1. The van der Waals surface area contributed by atoms with Gasteiger partial charge in [-0.05, 0) is 24.8 Å². The zero-order chi connectivity index (χ0) is 12.1. The molecule has 1 aromatic carbocycles. The predicted molar refractivity (Wildman–Crippen MR) is 69.7 cm³/mol. The molecule has 0 spiro atoms. The Morgan fingerprint density at radius 2 is 2.12 bits per heavy atom. The summed E-state index contributed by atoms with van der Waals surface area (Å²) >= 11 is 1.95. The lowest BCUT2D eigenvalue weighted by Crippen LogP contribution is -2.31. The fourth-order valence-electron chi connectivity index (χ4n) is 2.07. The van der Waals surface area contributed by atoms with Crippen LogP contribution in [0.15, 0.2) is 24.3 Å². The molecule has 1 N–H and O–H groups in total. The first-order chi connectivity index (χ1) is 8.27. The van der Waals surface area contributed by atoms with Crippen LogP contribution in [-0.2, 0) is 0 Å². The van der Waals surface area contributed by atoms with Gasteiger partial charge in [-0.2, -0.15) is 11.8 Å². The van der Waals surface area contributed by atoms with Crippen LogP contribution in [0.2, 0.25) is 0 Å². The smallest absolute Gasteiger partial charge is 0.129 e. The van der Waals surface area contributed by atoms with Gasteiger partial charge in [0.15, 0.2) is 0 Å².